The van der Waals surface area contributed by atoms with Crippen molar-refractivity contribution in [3.05, 3.63) is 46.0 Å². The molecule has 0 radical (unpaired) electrons. The Morgan fingerprint density at radius 2 is 1.92 bits per heavy atom. The van der Waals surface area contributed by atoms with Gasteiger partial charge in [-0.2, -0.15) is 4.98 Å². The SMILES string of the molecule is Cc1c(O)nc(SCC(=O)NC(C)(C)C)n(-c2ccc(F)cc2)c1=O. The third-order valence-corrected chi connectivity index (χ3v) is 4.12. The van der Waals surface area contributed by atoms with Gasteiger partial charge in [-0.05, 0) is 52.0 Å². The quantitative estimate of drug-likeness (QED) is 0.642. The average molecular weight is 365 g/mol. The number of amides is 1. The molecular weight excluding hydrogens is 345 g/mol. The summed E-state index contributed by atoms with van der Waals surface area (Å²) >= 11 is 1.02. The molecule has 0 spiro atoms. The van der Waals surface area contributed by atoms with Crippen molar-refractivity contribution in [2.45, 2.75) is 38.4 Å². The minimum Gasteiger partial charge on any atom is -0.493 e. The number of nitrogens with one attached hydrogen (secondary N) is 1. The van der Waals surface area contributed by atoms with Crippen LogP contribution in [0.4, 0.5) is 4.39 Å². The summed E-state index contributed by atoms with van der Waals surface area (Å²) in [7, 11) is 0. The van der Waals surface area contributed by atoms with Gasteiger partial charge in [0.1, 0.15) is 5.82 Å². The Morgan fingerprint density at radius 1 is 1.32 bits per heavy atom. The van der Waals surface area contributed by atoms with Gasteiger partial charge in [0, 0.05) is 5.54 Å². The third kappa shape index (κ3) is 4.82. The number of aromatic hydroxyl groups is 1. The van der Waals surface area contributed by atoms with Crippen LogP contribution in [0.5, 0.6) is 5.88 Å². The van der Waals surface area contributed by atoms with E-state index in [2.05, 4.69) is 10.3 Å². The zero-order valence-corrected chi connectivity index (χ0v) is 15.3. The predicted octanol–water partition coefficient (Wildman–Crippen LogP) is 2.39. The number of thioether (sulfide) groups is 1. The summed E-state index contributed by atoms with van der Waals surface area (Å²) < 4.78 is 14.4. The monoisotopic (exact) mass is 365 g/mol. The summed E-state index contributed by atoms with van der Waals surface area (Å²) in [6.45, 7) is 7.03. The molecule has 0 aliphatic rings. The van der Waals surface area contributed by atoms with E-state index in [1.54, 1.807) is 0 Å². The van der Waals surface area contributed by atoms with Gasteiger partial charge >= 0.3 is 0 Å². The Labute approximate surface area is 149 Å². The van der Waals surface area contributed by atoms with Crippen molar-refractivity contribution in [2.75, 3.05) is 5.75 Å². The number of benzene rings is 1. The van der Waals surface area contributed by atoms with Gasteiger partial charge in [-0.15, -0.1) is 0 Å². The van der Waals surface area contributed by atoms with Crippen molar-refractivity contribution < 1.29 is 14.3 Å². The second-order valence-electron chi connectivity index (χ2n) is 6.55. The molecule has 1 amide bonds. The van der Waals surface area contributed by atoms with Crippen LogP contribution in [0.15, 0.2) is 34.2 Å². The molecule has 1 aromatic heterocycles. The zero-order chi connectivity index (χ0) is 18.8. The lowest BCUT2D eigenvalue weighted by Gasteiger charge is -2.20. The highest BCUT2D eigenvalue weighted by Gasteiger charge is 2.18. The maximum absolute atomic E-state index is 13.2. The lowest BCUT2D eigenvalue weighted by Crippen LogP contribution is -2.41. The Bertz CT molecular complexity index is 842. The molecule has 1 aromatic carbocycles. The van der Waals surface area contributed by atoms with Crippen LogP contribution < -0.4 is 10.9 Å². The van der Waals surface area contributed by atoms with E-state index < -0.39 is 11.4 Å². The molecule has 0 fully saturated rings. The predicted molar refractivity (Wildman–Crippen MR) is 94.8 cm³/mol. The minimum absolute atomic E-state index is 0.0212. The first-order valence-corrected chi connectivity index (χ1v) is 8.59. The maximum Gasteiger partial charge on any atom is 0.265 e. The summed E-state index contributed by atoms with van der Waals surface area (Å²) in [4.78, 5) is 28.5. The molecule has 25 heavy (non-hydrogen) atoms. The first kappa shape index (κ1) is 19.0. The normalized spacial score (nSPS) is 11.4. The number of carbonyl (C=O) groups is 1. The van der Waals surface area contributed by atoms with E-state index in [4.69, 9.17) is 0 Å². The van der Waals surface area contributed by atoms with E-state index in [0.29, 0.717) is 5.69 Å². The molecule has 6 nitrogen and oxygen atoms in total. The Kier molecular flexibility index (Phi) is 5.52. The van der Waals surface area contributed by atoms with Gasteiger partial charge in [0.05, 0.1) is 17.0 Å². The molecule has 0 saturated heterocycles. The van der Waals surface area contributed by atoms with Crippen LogP contribution >= 0.6 is 11.8 Å². The standard InChI is InChI=1S/C17H20FN3O3S/c1-10-14(23)19-16(25-9-13(22)20-17(2,3)4)21(15(10)24)12-7-5-11(18)6-8-12/h5-8,23H,9H2,1-4H3,(H,20,22). The number of halogens is 1. The van der Waals surface area contributed by atoms with Crippen LogP contribution in [0.25, 0.3) is 5.69 Å². The summed E-state index contributed by atoms with van der Waals surface area (Å²) in [6.07, 6.45) is 0. The molecule has 8 heteroatoms. The largest absolute Gasteiger partial charge is 0.493 e. The first-order valence-electron chi connectivity index (χ1n) is 7.61. The fourth-order valence-electron chi connectivity index (χ4n) is 2.07. The van der Waals surface area contributed by atoms with E-state index in [-0.39, 0.29) is 33.8 Å². The molecule has 2 N–H and O–H groups in total. The highest BCUT2D eigenvalue weighted by molar-refractivity contribution is 7.99. The summed E-state index contributed by atoms with van der Waals surface area (Å²) in [5.41, 5.74) is -0.372. The van der Waals surface area contributed by atoms with Crippen molar-refractivity contribution in [2.24, 2.45) is 0 Å². The topological polar surface area (TPSA) is 84.2 Å². The molecule has 0 unspecified atom stereocenters. The highest BCUT2D eigenvalue weighted by Crippen LogP contribution is 2.22. The van der Waals surface area contributed by atoms with Gasteiger partial charge in [-0.3, -0.25) is 14.2 Å². The number of hydrogen-bond acceptors (Lipinski definition) is 5. The van der Waals surface area contributed by atoms with Crippen molar-refractivity contribution in [3.63, 3.8) is 0 Å². The maximum atomic E-state index is 13.2. The lowest BCUT2D eigenvalue weighted by molar-refractivity contribution is -0.119. The average Bonchev–Trinajstić information content (AvgIpc) is 2.50. The molecule has 0 aliphatic heterocycles. The van der Waals surface area contributed by atoms with Crippen LogP contribution in [-0.4, -0.2) is 31.9 Å². The van der Waals surface area contributed by atoms with E-state index in [0.717, 1.165) is 11.8 Å². The summed E-state index contributed by atoms with van der Waals surface area (Å²) in [6, 6.07) is 5.33. The second kappa shape index (κ2) is 7.26. The Balaban J connectivity index is 2.38. The molecule has 0 saturated carbocycles. The van der Waals surface area contributed by atoms with Crippen LogP contribution in [0.1, 0.15) is 26.3 Å². The molecule has 134 valence electrons. The Morgan fingerprint density at radius 3 is 2.48 bits per heavy atom. The van der Waals surface area contributed by atoms with Gasteiger partial charge in [0.2, 0.25) is 11.8 Å². The van der Waals surface area contributed by atoms with Crippen LogP contribution in [0, 0.1) is 12.7 Å². The van der Waals surface area contributed by atoms with Crippen molar-refractivity contribution in [1.29, 1.82) is 0 Å². The molecule has 0 bridgehead atoms. The third-order valence-electron chi connectivity index (χ3n) is 3.18. The van der Waals surface area contributed by atoms with Gasteiger partial charge in [-0.1, -0.05) is 11.8 Å². The number of nitrogens with zero attached hydrogens (tertiary/aromatic N) is 2. The van der Waals surface area contributed by atoms with E-state index >= 15 is 0 Å². The van der Waals surface area contributed by atoms with E-state index in [9.17, 15) is 19.1 Å². The van der Waals surface area contributed by atoms with Crippen molar-refractivity contribution in [1.82, 2.24) is 14.9 Å². The summed E-state index contributed by atoms with van der Waals surface area (Å²) in [5, 5.41) is 12.8. The van der Waals surface area contributed by atoms with Crippen molar-refractivity contribution in [3.8, 4) is 11.6 Å². The molecule has 1 heterocycles. The highest BCUT2D eigenvalue weighted by atomic mass is 32.2. The fourth-order valence-corrected chi connectivity index (χ4v) is 2.87. The van der Waals surface area contributed by atoms with Crippen LogP contribution in [-0.2, 0) is 4.79 Å². The molecule has 0 atom stereocenters. The second-order valence-corrected chi connectivity index (χ2v) is 7.49. The van der Waals surface area contributed by atoms with E-state index in [1.165, 1.54) is 35.8 Å². The van der Waals surface area contributed by atoms with E-state index in [1.807, 2.05) is 20.8 Å². The van der Waals surface area contributed by atoms with Crippen LogP contribution in [0.2, 0.25) is 0 Å². The first-order chi connectivity index (χ1) is 11.6. The number of hydrogen-bond donors (Lipinski definition) is 2. The van der Waals surface area contributed by atoms with Gasteiger partial charge < -0.3 is 10.4 Å². The lowest BCUT2D eigenvalue weighted by atomic mass is 10.1. The van der Waals surface area contributed by atoms with Crippen molar-refractivity contribution >= 4 is 17.7 Å². The molecule has 2 rings (SSSR count). The fraction of sp³-hybridized carbons (Fsp3) is 0.353. The van der Waals surface area contributed by atoms with Gasteiger partial charge in [-0.25, -0.2) is 4.39 Å². The van der Waals surface area contributed by atoms with Crippen LogP contribution in [0.3, 0.4) is 0 Å². The number of aromatic nitrogens is 2. The summed E-state index contributed by atoms with van der Waals surface area (Å²) in [5.74, 6) is -1.02. The zero-order valence-electron chi connectivity index (χ0n) is 14.5. The smallest absolute Gasteiger partial charge is 0.265 e. The Hall–Kier alpha value is -2.35. The molecule has 0 aliphatic carbocycles. The number of rotatable bonds is 4. The van der Waals surface area contributed by atoms with Gasteiger partial charge in [0.25, 0.3) is 5.56 Å². The molecular formula is C17H20FN3O3S. The number of carbonyl (C=O) groups excluding carboxylic acids is 1. The molecule has 2 aromatic rings. The van der Waals surface area contributed by atoms with Gasteiger partial charge in [0.15, 0.2) is 5.16 Å². The minimum atomic E-state index is -0.474.